The van der Waals surface area contributed by atoms with E-state index in [4.69, 9.17) is 4.74 Å². The molecule has 1 rings (SSSR count). The van der Waals surface area contributed by atoms with Gasteiger partial charge < -0.3 is 9.47 Å². The predicted molar refractivity (Wildman–Crippen MR) is 44.6 cm³/mol. The minimum atomic E-state index is -0.584. The zero-order valence-electron chi connectivity index (χ0n) is 7.27. The van der Waals surface area contributed by atoms with E-state index in [-0.39, 0.29) is 0 Å². The maximum absolute atomic E-state index is 10.7. The Kier molecular flexibility index (Phi) is 3.02. The summed E-state index contributed by atoms with van der Waals surface area (Å²) in [6.45, 7) is 0. The minimum absolute atomic E-state index is 0.313. The summed E-state index contributed by atoms with van der Waals surface area (Å²) in [7, 11) is 2.75. The van der Waals surface area contributed by atoms with Crippen LogP contribution in [0, 0.1) is 0 Å². The lowest BCUT2D eigenvalue weighted by Crippen LogP contribution is -2.12. The molecule has 0 bridgehead atoms. The molecule has 1 heterocycles. The van der Waals surface area contributed by atoms with Crippen molar-refractivity contribution in [1.29, 1.82) is 0 Å². The molecule has 1 amide bonds. The number of amides is 1. The largest absolute Gasteiger partial charge is 0.480 e. The smallest absolute Gasteiger partial charge is 0.412 e. The molecule has 1 aromatic rings. The quantitative estimate of drug-likeness (QED) is 0.729. The molecule has 0 spiro atoms. The molecule has 6 nitrogen and oxygen atoms in total. The van der Waals surface area contributed by atoms with Gasteiger partial charge in [0.15, 0.2) is 5.82 Å². The van der Waals surface area contributed by atoms with E-state index in [1.165, 1.54) is 26.6 Å². The Morgan fingerprint density at radius 1 is 1.38 bits per heavy atom. The van der Waals surface area contributed by atoms with Crippen molar-refractivity contribution in [3.63, 3.8) is 0 Å². The van der Waals surface area contributed by atoms with E-state index in [1.54, 1.807) is 0 Å². The number of aromatic nitrogens is 2. The first-order chi connectivity index (χ1) is 6.26. The molecule has 0 saturated carbocycles. The highest BCUT2D eigenvalue weighted by molar-refractivity contribution is 5.82. The van der Waals surface area contributed by atoms with Gasteiger partial charge in [0.05, 0.1) is 26.6 Å². The van der Waals surface area contributed by atoms with Crippen LogP contribution < -0.4 is 10.1 Å². The molecule has 0 aliphatic rings. The molecule has 0 atom stereocenters. The molecule has 6 heteroatoms. The van der Waals surface area contributed by atoms with E-state index in [9.17, 15) is 4.79 Å². The van der Waals surface area contributed by atoms with Crippen LogP contribution in [-0.4, -0.2) is 30.3 Å². The Bertz CT molecular complexity index is 286. The van der Waals surface area contributed by atoms with Gasteiger partial charge in [-0.2, -0.15) is 0 Å². The number of nitrogens with one attached hydrogen (secondary N) is 1. The van der Waals surface area contributed by atoms with Gasteiger partial charge in [-0.3, -0.25) is 5.32 Å². The average Bonchev–Trinajstić information content (AvgIpc) is 2.19. The molecule has 0 unspecified atom stereocenters. The van der Waals surface area contributed by atoms with Crippen LogP contribution in [-0.2, 0) is 4.74 Å². The SMILES string of the molecule is COC(=O)Nc1cnc(OC)cn1. The molecule has 0 aliphatic carbocycles. The number of hydrogen-bond acceptors (Lipinski definition) is 5. The fourth-order valence-electron chi connectivity index (χ4n) is 0.642. The third-order valence-corrected chi connectivity index (χ3v) is 1.25. The molecule has 0 saturated heterocycles. The number of rotatable bonds is 2. The lowest BCUT2D eigenvalue weighted by molar-refractivity contribution is 0.187. The van der Waals surface area contributed by atoms with Crippen molar-refractivity contribution in [1.82, 2.24) is 9.97 Å². The summed E-state index contributed by atoms with van der Waals surface area (Å²) in [4.78, 5) is 18.4. The van der Waals surface area contributed by atoms with Crippen LogP contribution in [0.15, 0.2) is 12.4 Å². The second kappa shape index (κ2) is 4.24. The summed E-state index contributed by atoms with van der Waals surface area (Å²) in [5.74, 6) is 0.697. The summed E-state index contributed by atoms with van der Waals surface area (Å²) in [5.41, 5.74) is 0. The first-order valence-corrected chi connectivity index (χ1v) is 3.47. The van der Waals surface area contributed by atoms with E-state index < -0.39 is 6.09 Å². The molecule has 1 aromatic heterocycles. The molecular weight excluding hydrogens is 174 g/mol. The molecular formula is C7H9N3O3. The van der Waals surface area contributed by atoms with Crippen molar-refractivity contribution in [2.45, 2.75) is 0 Å². The summed E-state index contributed by atoms with van der Waals surface area (Å²) < 4.78 is 9.14. The van der Waals surface area contributed by atoms with Gasteiger partial charge in [0.1, 0.15) is 0 Å². The van der Waals surface area contributed by atoms with Crippen LogP contribution >= 0.6 is 0 Å². The molecule has 1 N–H and O–H groups in total. The predicted octanol–water partition coefficient (Wildman–Crippen LogP) is 0.663. The van der Waals surface area contributed by atoms with Crippen LogP contribution in [0.5, 0.6) is 5.88 Å². The van der Waals surface area contributed by atoms with Crippen LogP contribution in [0.2, 0.25) is 0 Å². The minimum Gasteiger partial charge on any atom is -0.480 e. The lowest BCUT2D eigenvalue weighted by Gasteiger charge is -2.02. The van der Waals surface area contributed by atoms with E-state index in [2.05, 4.69) is 20.0 Å². The van der Waals surface area contributed by atoms with Crippen LogP contribution in [0.3, 0.4) is 0 Å². The van der Waals surface area contributed by atoms with Gasteiger partial charge in [0.25, 0.3) is 0 Å². The van der Waals surface area contributed by atoms with Crippen LogP contribution in [0.25, 0.3) is 0 Å². The van der Waals surface area contributed by atoms with Crippen molar-refractivity contribution in [2.24, 2.45) is 0 Å². The Labute approximate surface area is 74.9 Å². The van der Waals surface area contributed by atoms with Crippen molar-refractivity contribution < 1.29 is 14.3 Å². The highest BCUT2D eigenvalue weighted by atomic mass is 16.5. The highest BCUT2D eigenvalue weighted by Gasteiger charge is 2.01. The number of nitrogens with zero attached hydrogens (tertiary/aromatic N) is 2. The van der Waals surface area contributed by atoms with Gasteiger partial charge in [0, 0.05) is 0 Å². The summed E-state index contributed by atoms with van der Waals surface area (Å²) >= 11 is 0. The van der Waals surface area contributed by atoms with Crippen molar-refractivity contribution in [2.75, 3.05) is 19.5 Å². The zero-order valence-corrected chi connectivity index (χ0v) is 7.27. The van der Waals surface area contributed by atoms with Gasteiger partial charge in [-0.1, -0.05) is 0 Å². The number of ether oxygens (including phenoxy) is 2. The number of methoxy groups -OCH3 is 2. The Morgan fingerprint density at radius 2 is 2.15 bits per heavy atom. The van der Waals surface area contributed by atoms with E-state index >= 15 is 0 Å². The molecule has 0 aliphatic heterocycles. The first-order valence-electron chi connectivity index (χ1n) is 3.47. The number of carbonyl (C=O) groups is 1. The normalized spacial score (nSPS) is 9.08. The lowest BCUT2D eigenvalue weighted by atomic mass is 10.6. The van der Waals surface area contributed by atoms with E-state index in [0.29, 0.717) is 11.7 Å². The molecule has 70 valence electrons. The topological polar surface area (TPSA) is 73.3 Å². The summed E-state index contributed by atoms with van der Waals surface area (Å²) in [6, 6.07) is 0. The highest BCUT2D eigenvalue weighted by Crippen LogP contribution is 2.06. The third-order valence-electron chi connectivity index (χ3n) is 1.25. The van der Waals surface area contributed by atoms with Gasteiger partial charge in [0.2, 0.25) is 5.88 Å². The maximum atomic E-state index is 10.7. The number of carbonyl (C=O) groups excluding carboxylic acids is 1. The van der Waals surface area contributed by atoms with Crippen LogP contribution in [0.4, 0.5) is 10.6 Å². The van der Waals surface area contributed by atoms with Gasteiger partial charge >= 0.3 is 6.09 Å². The Morgan fingerprint density at radius 3 is 2.62 bits per heavy atom. The maximum Gasteiger partial charge on any atom is 0.412 e. The summed E-state index contributed by atoms with van der Waals surface area (Å²) in [5, 5.41) is 2.35. The van der Waals surface area contributed by atoms with Gasteiger partial charge in [-0.05, 0) is 0 Å². The average molecular weight is 183 g/mol. The number of anilines is 1. The Balaban J connectivity index is 2.64. The number of hydrogen-bond donors (Lipinski definition) is 1. The van der Waals surface area contributed by atoms with Crippen molar-refractivity contribution in [3.05, 3.63) is 12.4 Å². The monoisotopic (exact) mass is 183 g/mol. The van der Waals surface area contributed by atoms with Crippen molar-refractivity contribution in [3.8, 4) is 5.88 Å². The fourth-order valence-corrected chi connectivity index (χ4v) is 0.642. The van der Waals surface area contributed by atoms with Gasteiger partial charge in [-0.25, -0.2) is 14.8 Å². The van der Waals surface area contributed by atoms with E-state index in [1.807, 2.05) is 0 Å². The first kappa shape index (κ1) is 9.24. The molecule has 0 fully saturated rings. The van der Waals surface area contributed by atoms with Gasteiger partial charge in [-0.15, -0.1) is 0 Å². The fraction of sp³-hybridized carbons (Fsp3) is 0.286. The zero-order chi connectivity index (χ0) is 9.68. The Hall–Kier alpha value is -1.85. The van der Waals surface area contributed by atoms with E-state index in [0.717, 1.165) is 0 Å². The molecule has 0 radical (unpaired) electrons. The van der Waals surface area contributed by atoms with Crippen molar-refractivity contribution >= 4 is 11.9 Å². The second-order valence-electron chi connectivity index (χ2n) is 2.06. The third kappa shape index (κ3) is 2.58. The second-order valence-corrected chi connectivity index (χ2v) is 2.06. The van der Waals surface area contributed by atoms with Crippen LogP contribution in [0.1, 0.15) is 0 Å². The molecule has 13 heavy (non-hydrogen) atoms. The molecule has 0 aromatic carbocycles. The summed E-state index contributed by atoms with van der Waals surface area (Å²) in [6.07, 6.45) is 2.18. The standard InChI is InChI=1S/C7H9N3O3/c1-12-6-4-8-5(3-9-6)10-7(11)13-2/h3-4H,1-2H3,(H,8,10,11).